The third kappa shape index (κ3) is 13.7. The number of amidine groups is 1. The van der Waals surface area contributed by atoms with Crippen LogP contribution in [-0.2, 0) is 9.53 Å². The fourth-order valence-corrected chi connectivity index (χ4v) is 3.04. The summed E-state index contributed by atoms with van der Waals surface area (Å²) in [4.78, 5) is 17.3. The molecule has 25 heavy (non-hydrogen) atoms. The number of carbonyl (C=O) groups is 1. The van der Waals surface area contributed by atoms with Crippen LogP contribution in [0.4, 0.5) is 0 Å². The summed E-state index contributed by atoms with van der Waals surface area (Å²) >= 11 is 0. The van der Waals surface area contributed by atoms with E-state index in [4.69, 9.17) is 9.84 Å². The zero-order chi connectivity index (χ0) is 17.5. The fraction of sp³-hybridized carbons (Fsp3) is 0.895. The van der Waals surface area contributed by atoms with E-state index < -0.39 is 5.97 Å². The predicted octanol–water partition coefficient (Wildman–Crippen LogP) is 3.46. The molecule has 0 atom stereocenters. The van der Waals surface area contributed by atoms with Gasteiger partial charge < -0.3 is 14.7 Å². The molecule has 142 valence electrons. The zero-order valence-corrected chi connectivity index (χ0v) is 15.5. The number of rotatable bonds is 16. The minimum atomic E-state index is -0.802. The molecule has 0 bridgehead atoms. The summed E-state index contributed by atoms with van der Waals surface area (Å²) in [6.45, 7) is 5.85. The number of aliphatic carboxylic acids is 1. The maximum absolute atomic E-state index is 10.4. The minimum absolute atomic E-state index is 0. The van der Waals surface area contributed by atoms with E-state index in [1.165, 1.54) is 63.6 Å². The van der Waals surface area contributed by atoms with Crippen LogP contribution in [0.3, 0.4) is 0 Å². The molecular formula is C19H37N2NaO3. The van der Waals surface area contributed by atoms with Gasteiger partial charge >= 0.3 is 35.5 Å². The Morgan fingerprint density at radius 3 is 2.36 bits per heavy atom. The second-order valence-corrected chi connectivity index (χ2v) is 6.62. The molecule has 0 unspecified atom stereocenters. The number of unbranched alkanes of at least 4 members (excludes halogenated alkanes) is 8. The summed E-state index contributed by atoms with van der Waals surface area (Å²) in [6.07, 6.45) is 13.3. The Morgan fingerprint density at radius 1 is 1.08 bits per heavy atom. The Bertz CT molecular complexity index is 365. The van der Waals surface area contributed by atoms with Crippen LogP contribution >= 0.6 is 0 Å². The molecule has 0 aliphatic carbocycles. The third-order valence-electron chi connectivity index (χ3n) is 4.50. The van der Waals surface area contributed by atoms with Gasteiger partial charge in [0.1, 0.15) is 0 Å². The van der Waals surface area contributed by atoms with Crippen molar-refractivity contribution < 1.29 is 14.6 Å². The first-order valence-corrected chi connectivity index (χ1v) is 9.82. The van der Waals surface area contributed by atoms with Crippen molar-refractivity contribution >= 4 is 41.4 Å². The van der Waals surface area contributed by atoms with E-state index in [9.17, 15) is 4.79 Å². The number of hydrogen-bond donors (Lipinski definition) is 1. The molecule has 1 heterocycles. The van der Waals surface area contributed by atoms with Crippen LogP contribution in [0, 0.1) is 0 Å². The van der Waals surface area contributed by atoms with E-state index in [0.717, 1.165) is 26.1 Å². The molecule has 5 nitrogen and oxygen atoms in total. The van der Waals surface area contributed by atoms with Gasteiger partial charge in [-0.1, -0.05) is 58.3 Å². The third-order valence-corrected chi connectivity index (χ3v) is 4.50. The van der Waals surface area contributed by atoms with Gasteiger partial charge in [-0.3, -0.25) is 9.79 Å². The Morgan fingerprint density at radius 2 is 1.72 bits per heavy atom. The molecule has 1 N–H and O–H groups in total. The van der Waals surface area contributed by atoms with Gasteiger partial charge in [0.25, 0.3) is 0 Å². The van der Waals surface area contributed by atoms with Crippen LogP contribution in [0.25, 0.3) is 0 Å². The van der Waals surface area contributed by atoms with E-state index in [1.54, 1.807) is 0 Å². The van der Waals surface area contributed by atoms with Crippen LogP contribution in [-0.4, -0.2) is 84.2 Å². The van der Waals surface area contributed by atoms with Crippen molar-refractivity contribution in [2.45, 2.75) is 77.6 Å². The second kappa shape index (κ2) is 17.3. The molecule has 0 fully saturated rings. The van der Waals surface area contributed by atoms with Crippen LogP contribution in [0.5, 0.6) is 0 Å². The summed E-state index contributed by atoms with van der Waals surface area (Å²) in [5.74, 6) is 0.420. The van der Waals surface area contributed by atoms with E-state index in [0.29, 0.717) is 13.2 Å². The molecule has 1 aliphatic rings. The zero-order valence-electron chi connectivity index (χ0n) is 15.5. The van der Waals surface area contributed by atoms with Gasteiger partial charge in [-0.2, -0.15) is 0 Å². The summed E-state index contributed by atoms with van der Waals surface area (Å²) in [5.41, 5.74) is 0. The first-order chi connectivity index (χ1) is 11.7. The predicted molar refractivity (Wildman–Crippen MR) is 106 cm³/mol. The molecule has 0 amide bonds. The number of carboxylic acid groups (broad SMARTS) is 1. The number of carboxylic acids is 1. The van der Waals surface area contributed by atoms with Crippen molar-refractivity contribution in [1.82, 2.24) is 4.90 Å². The van der Waals surface area contributed by atoms with Gasteiger partial charge in [0.2, 0.25) is 0 Å². The standard InChI is InChI=1S/C19H36N2O3.Na.H/c1-2-3-4-5-6-7-8-9-10-11-18-20-13-14-21(18)15-17-24-16-12-19(22)23;;/h2-17H2,1H3,(H,22,23);;. The Labute approximate surface area is 175 Å². The van der Waals surface area contributed by atoms with Crippen molar-refractivity contribution in [1.29, 1.82) is 0 Å². The molecule has 0 radical (unpaired) electrons. The van der Waals surface area contributed by atoms with Gasteiger partial charge in [-0.15, -0.1) is 0 Å². The van der Waals surface area contributed by atoms with Crippen LogP contribution in [0.1, 0.15) is 77.6 Å². The molecular weight excluding hydrogens is 327 g/mol. The molecule has 1 aliphatic heterocycles. The summed E-state index contributed by atoms with van der Waals surface area (Å²) in [7, 11) is 0. The van der Waals surface area contributed by atoms with Crippen LogP contribution in [0.15, 0.2) is 4.99 Å². The summed E-state index contributed by atoms with van der Waals surface area (Å²) in [5, 5.41) is 8.57. The van der Waals surface area contributed by atoms with E-state index in [2.05, 4.69) is 16.8 Å². The average Bonchev–Trinajstić information content (AvgIpc) is 3.00. The number of hydrogen-bond acceptors (Lipinski definition) is 4. The quantitative estimate of drug-likeness (QED) is 0.336. The molecule has 0 aromatic heterocycles. The monoisotopic (exact) mass is 364 g/mol. The molecule has 0 aromatic rings. The van der Waals surface area contributed by atoms with Crippen LogP contribution < -0.4 is 0 Å². The summed E-state index contributed by atoms with van der Waals surface area (Å²) < 4.78 is 5.38. The Balaban J connectivity index is 0.00000576. The Hall–Kier alpha value is -0.100. The van der Waals surface area contributed by atoms with Crippen molar-refractivity contribution in [2.75, 3.05) is 32.8 Å². The number of aliphatic imine (C=N–C) groups is 1. The maximum atomic E-state index is 10.4. The number of ether oxygens (including phenoxy) is 1. The van der Waals surface area contributed by atoms with E-state index in [-0.39, 0.29) is 36.0 Å². The topological polar surface area (TPSA) is 62.1 Å². The van der Waals surface area contributed by atoms with E-state index in [1.807, 2.05) is 0 Å². The molecule has 0 aromatic carbocycles. The normalized spacial score (nSPS) is 13.6. The molecule has 0 spiro atoms. The van der Waals surface area contributed by atoms with Crippen molar-refractivity contribution in [3.8, 4) is 0 Å². The molecule has 0 saturated carbocycles. The van der Waals surface area contributed by atoms with Crippen molar-refractivity contribution in [3.05, 3.63) is 0 Å². The van der Waals surface area contributed by atoms with Gasteiger partial charge in [0.05, 0.1) is 32.0 Å². The molecule has 1 rings (SSSR count). The number of nitrogens with zero attached hydrogens (tertiary/aromatic N) is 2. The van der Waals surface area contributed by atoms with Crippen LogP contribution in [0.2, 0.25) is 0 Å². The SMILES string of the molecule is CCCCCCCCCCCC1=NCCN1CCOCCC(=O)O.[NaH]. The Kier molecular flexibility index (Phi) is 17.3. The van der Waals surface area contributed by atoms with Crippen molar-refractivity contribution in [3.63, 3.8) is 0 Å². The average molecular weight is 365 g/mol. The first kappa shape index (κ1) is 24.9. The van der Waals surface area contributed by atoms with Gasteiger partial charge in [0.15, 0.2) is 0 Å². The molecule has 6 heteroatoms. The van der Waals surface area contributed by atoms with E-state index >= 15 is 0 Å². The van der Waals surface area contributed by atoms with Gasteiger partial charge in [-0.05, 0) is 6.42 Å². The van der Waals surface area contributed by atoms with Gasteiger partial charge in [-0.25, -0.2) is 0 Å². The fourth-order valence-electron chi connectivity index (χ4n) is 3.04. The summed E-state index contributed by atoms with van der Waals surface area (Å²) in [6, 6.07) is 0. The second-order valence-electron chi connectivity index (χ2n) is 6.62. The van der Waals surface area contributed by atoms with Crippen molar-refractivity contribution in [2.24, 2.45) is 4.99 Å². The first-order valence-electron chi connectivity index (χ1n) is 9.82. The van der Waals surface area contributed by atoms with Gasteiger partial charge in [0, 0.05) is 19.5 Å². The molecule has 0 saturated heterocycles.